The normalized spacial score (nSPS) is 24.1. The fourth-order valence-corrected chi connectivity index (χ4v) is 2.66. The quantitative estimate of drug-likeness (QED) is 0.800. The lowest BCUT2D eigenvalue weighted by atomic mass is 9.91. The summed E-state index contributed by atoms with van der Waals surface area (Å²) in [4.78, 5) is 4.86. The van der Waals surface area contributed by atoms with Crippen molar-refractivity contribution in [3.63, 3.8) is 0 Å². The van der Waals surface area contributed by atoms with Crippen molar-refractivity contribution < 1.29 is 4.74 Å². The van der Waals surface area contributed by atoms with Crippen LogP contribution < -0.4 is 9.64 Å². The molecule has 0 bridgehead atoms. The van der Waals surface area contributed by atoms with Crippen molar-refractivity contribution in [3.8, 4) is 5.75 Å². The van der Waals surface area contributed by atoms with Crippen LogP contribution in [-0.2, 0) is 0 Å². The Morgan fingerprint density at radius 2 is 1.83 bits per heavy atom. The van der Waals surface area contributed by atoms with Crippen LogP contribution in [0.5, 0.6) is 5.75 Å². The van der Waals surface area contributed by atoms with Gasteiger partial charge in [0.1, 0.15) is 5.75 Å². The second-order valence-corrected chi connectivity index (χ2v) is 5.87. The van der Waals surface area contributed by atoms with Crippen LogP contribution in [0.2, 0.25) is 0 Å². The van der Waals surface area contributed by atoms with Crippen molar-refractivity contribution in [1.29, 1.82) is 0 Å². The predicted octanol–water partition coefficient (Wildman–Crippen LogP) is 2.96. The second kappa shape index (κ2) is 4.81. The van der Waals surface area contributed by atoms with Crippen LogP contribution in [0.1, 0.15) is 27.2 Å². The van der Waals surface area contributed by atoms with E-state index in [0.717, 1.165) is 12.4 Å². The second-order valence-electron chi connectivity index (χ2n) is 5.87. The Kier molecular flexibility index (Phi) is 3.53. The number of hydrogen-bond acceptors (Lipinski definition) is 3. The molecule has 1 aliphatic heterocycles. The average molecular weight is 248 g/mol. The molecular weight excluding hydrogens is 224 g/mol. The van der Waals surface area contributed by atoms with Gasteiger partial charge in [0.25, 0.3) is 0 Å². The Bertz CT molecular complexity index is 399. The van der Waals surface area contributed by atoms with Gasteiger partial charge in [-0.1, -0.05) is 0 Å². The first-order valence-corrected chi connectivity index (χ1v) is 6.56. The molecule has 100 valence electrons. The van der Waals surface area contributed by atoms with Gasteiger partial charge in [-0.05, 0) is 58.5 Å². The zero-order valence-electron chi connectivity index (χ0n) is 12.1. The molecule has 1 saturated heterocycles. The van der Waals surface area contributed by atoms with E-state index in [9.17, 15) is 0 Å². The molecule has 1 aromatic rings. The molecule has 3 heteroatoms. The van der Waals surface area contributed by atoms with Gasteiger partial charge in [0.2, 0.25) is 0 Å². The van der Waals surface area contributed by atoms with Gasteiger partial charge in [0, 0.05) is 17.3 Å². The topological polar surface area (TPSA) is 15.7 Å². The number of anilines is 1. The van der Waals surface area contributed by atoms with E-state index in [-0.39, 0.29) is 5.54 Å². The summed E-state index contributed by atoms with van der Waals surface area (Å²) in [7, 11) is 3.90. The van der Waals surface area contributed by atoms with Gasteiger partial charge in [0.05, 0.1) is 13.8 Å². The minimum absolute atomic E-state index is 0.280. The molecule has 0 N–H and O–H groups in total. The molecule has 3 nitrogen and oxygen atoms in total. The average Bonchev–Trinajstić information content (AvgIpc) is 2.33. The van der Waals surface area contributed by atoms with Crippen molar-refractivity contribution in [2.75, 3.05) is 25.7 Å². The van der Waals surface area contributed by atoms with Crippen LogP contribution in [0, 0.1) is 0 Å². The first-order chi connectivity index (χ1) is 8.44. The summed E-state index contributed by atoms with van der Waals surface area (Å²) in [6.07, 6.45) is 1.18. The van der Waals surface area contributed by atoms with Gasteiger partial charge in [-0.2, -0.15) is 0 Å². The fraction of sp³-hybridized carbons (Fsp3) is 0.600. The molecule has 0 saturated carbocycles. The van der Waals surface area contributed by atoms with Crippen molar-refractivity contribution >= 4 is 5.69 Å². The molecule has 0 aromatic heterocycles. The van der Waals surface area contributed by atoms with Crippen LogP contribution in [0.25, 0.3) is 0 Å². The minimum Gasteiger partial charge on any atom is -0.497 e. The molecule has 18 heavy (non-hydrogen) atoms. The SMILES string of the molecule is COc1ccc(N2CN(C)C(C)(C)CC2C)cc1. The van der Waals surface area contributed by atoms with E-state index in [1.54, 1.807) is 7.11 Å². The number of nitrogens with zero attached hydrogens (tertiary/aromatic N) is 2. The molecule has 0 aliphatic carbocycles. The zero-order valence-corrected chi connectivity index (χ0v) is 12.1. The summed E-state index contributed by atoms with van der Waals surface area (Å²) in [5.74, 6) is 0.914. The highest BCUT2D eigenvalue weighted by Crippen LogP contribution is 2.31. The summed E-state index contributed by atoms with van der Waals surface area (Å²) in [5, 5.41) is 0. The number of methoxy groups -OCH3 is 1. The van der Waals surface area contributed by atoms with E-state index in [2.05, 4.69) is 49.8 Å². The predicted molar refractivity (Wildman–Crippen MR) is 76.3 cm³/mol. The van der Waals surface area contributed by atoms with E-state index in [4.69, 9.17) is 4.74 Å². The van der Waals surface area contributed by atoms with E-state index < -0.39 is 0 Å². The lowest BCUT2D eigenvalue weighted by Crippen LogP contribution is -2.57. The highest BCUT2D eigenvalue weighted by molar-refractivity contribution is 5.50. The maximum absolute atomic E-state index is 5.21. The Labute approximate surface area is 110 Å². The molecule has 0 radical (unpaired) electrons. The van der Waals surface area contributed by atoms with E-state index in [1.165, 1.54) is 12.1 Å². The third-order valence-electron chi connectivity index (χ3n) is 4.13. The monoisotopic (exact) mass is 248 g/mol. The van der Waals surface area contributed by atoms with Crippen LogP contribution in [0.15, 0.2) is 24.3 Å². The van der Waals surface area contributed by atoms with Gasteiger partial charge in [0.15, 0.2) is 0 Å². The molecule has 0 spiro atoms. The number of hydrogen-bond donors (Lipinski definition) is 0. The van der Waals surface area contributed by atoms with Crippen LogP contribution in [-0.4, -0.2) is 37.3 Å². The van der Waals surface area contributed by atoms with Gasteiger partial charge in [-0.15, -0.1) is 0 Å². The van der Waals surface area contributed by atoms with E-state index in [0.29, 0.717) is 6.04 Å². The largest absolute Gasteiger partial charge is 0.497 e. The molecule has 0 amide bonds. The van der Waals surface area contributed by atoms with E-state index in [1.807, 2.05) is 12.1 Å². The first-order valence-electron chi connectivity index (χ1n) is 6.56. The van der Waals surface area contributed by atoms with Gasteiger partial charge < -0.3 is 9.64 Å². The fourth-order valence-electron chi connectivity index (χ4n) is 2.66. The standard InChI is InChI=1S/C15H24N2O/c1-12-10-15(2,3)16(4)11-17(12)13-6-8-14(18-5)9-7-13/h6-9,12H,10-11H2,1-5H3. The molecule has 2 rings (SSSR count). The third-order valence-corrected chi connectivity index (χ3v) is 4.13. The summed E-state index contributed by atoms with van der Waals surface area (Å²) in [6.45, 7) is 7.91. The van der Waals surface area contributed by atoms with Crippen molar-refractivity contribution in [2.45, 2.75) is 38.8 Å². The Morgan fingerprint density at radius 3 is 2.39 bits per heavy atom. The maximum Gasteiger partial charge on any atom is 0.119 e. The molecular formula is C15H24N2O. The lowest BCUT2D eigenvalue weighted by Gasteiger charge is -2.49. The van der Waals surface area contributed by atoms with Crippen LogP contribution >= 0.6 is 0 Å². The smallest absolute Gasteiger partial charge is 0.119 e. The summed E-state index contributed by atoms with van der Waals surface area (Å²) < 4.78 is 5.21. The summed E-state index contributed by atoms with van der Waals surface area (Å²) >= 11 is 0. The van der Waals surface area contributed by atoms with Crippen molar-refractivity contribution in [2.24, 2.45) is 0 Å². The Morgan fingerprint density at radius 1 is 1.22 bits per heavy atom. The zero-order chi connectivity index (χ0) is 13.3. The summed E-state index contributed by atoms with van der Waals surface area (Å²) in [5.41, 5.74) is 1.55. The van der Waals surface area contributed by atoms with Gasteiger partial charge in [-0.25, -0.2) is 0 Å². The molecule has 1 atom stereocenters. The molecule has 1 heterocycles. The van der Waals surface area contributed by atoms with Crippen molar-refractivity contribution in [1.82, 2.24) is 4.90 Å². The van der Waals surface area contributed by atoms with Crippen LogP contribution in [0.4, 0.5) is 5.69 Å². The number of ether oxygens (including phenoxy) is 1. The molecule has 1 aliphatic rings. The lowest BCUT2D eigenvalue weighted by molar-refractivity contribution is 0.0999. The summed E-state index contributed by atoms with van der Waals surface area (Å²) in [6, 6.07) is 8.90. The highest BCUT2D eigenvalue weighted by Gasteiger charge is 2.34. The van der Waals surface area contributed by atoms with Crippen molar-refractivity contribution in [3.05, 3.63) is 24.3 Å². The number of benzene rings is 1. The Balaban J connectivity index is 2.17. The molecule has 1 fully saturated rings. The number of rotatable bonds is 2. The minimum atomic E-state index is 0.280. The van der Waals surface area contributed by atoms with Crippen LogP contribution in [0.3, 0.4) is 0 Å². The molecule has 1 unspecified atom stereocenters. The van der Waals surface area contributed by atoms with Gasteiger partial charge in [-0.3, -0.25) is 4.90 Å². The first kappa shape index (κ1) is 13.2. The maximum atomic E-state index is 5.21. The van der Waals surface area contributed by atoms with Gasteiger partial charge >= 0.3 is 0 Å². The third kappa shape index (κ3) is 2.46. The molecule has 1 aromatic carbocycles. The van der Waals surface area contributed by atoms with E-state index >= 15 is 0 Å². The Hall–Kier alpha value is -1.22. The highest BCUT2D eigenvalue weighted by atomic mass is 16.5.